The number of rotatable bonds is 4. The van der Waals surface area contributed by atoms with Crippen molar-refractivity contribution in [2.75, 3.05) is 0 Å². The molecular formula is C47H35ClCuIN6O2Pt2. The van der Waals surface area contributed by atoms with Crippen LogP contribution in [0.25, 0.3) is 45.6 Å². The van der Waals surface area contributed by atoms with E-state index < -0.39 is 0 Å². The summed E-state index contributed by atoms with van der Waals surface area (Å²) in [4.78, 5) is 49.2. The molecule has 0 saturated carbocycles. The molecule has 0 atom stereocenters. The second kappa shape index (κ2) is 31.8. The quantitative estimate of drug-likeness (QED) is 0.0742. The molecule has 0 fully saturated rings. The number of nitrogens with zero attached hydrogens (tertiary/aromatic N) is 6. The first-order chi connectivity index (χ1) is 28.5. The fraction of sp³-hybridized carbons (Fsp3) is 0.0213. The molecule has 6 heterocycles. The molecule has 0 N–H and O–H groups in total. The molecule has 310 valence electrons. The van der Waals surface area contributed by atoms with Crippen LogP contribution in [0.1, 0.15) is 18.6 Å². The first-order valence-electron chi connectivity index (χ1n) is 16.8. The molecule has 0 saturated heterocycles. The molecule has 6 aromatic heterocycles. The van der Waals surface area contributed by atoms with Crippen LogP contribution in [0.5, 0.6) is 0 Å². The summed E-state index contributed by atoms with van der Waals surface area (Å²) >= 11 is 7.48. The number of hydrogen-bond acceptors (Lipinski definition) is 6. The van der Waals surface area contributed by atoms with Crippen LogP contribution >= 0.6 is 29.8 Å². The van der Waals surface area contributed by atoms with Crippen molar-refractivity contribution in [2.45, 2.75) is 7.43 Å². The Morgan fingerprint density at radius 3 is 0.983 bits per heavy atom. The van der Waals surface area contributed by atoms with Crippen LogP contribution in [-0.4, -0.2) is 19.9 Å². The summed E-state index contributed by atoms with van der Waals surface area (Å²) in [6.07, 6.45) is 18.5. The van der Waals surface area contributed by atoms with Gasteiger partial charge < -0.3 is 16.4 Å². The molecule has 0 radical (unpaired) electrons. The number of pyridine rings is 6. The van der Waals surface area contributed by atoms with Gasteiger partial charge in [-0.1, -0.05) is 74.0 Å². The van der Waals surface area contributed by atoms with Crippen molar-refractivity contribution in [2.24, 2.45) is 0 Å². The average Bonchev–Trinajstić information content (AvgIpc) is 3.32. The second-order valence-corrected chi connectivity index (χ2v) is 11.0. The minimum absolute atomic E-state index is 0. The smallest absolute Gasteiger partial charge is 2.00 e. The first-order valence-corrected chi connectivity index (χ1v) is 22.6. The van der Waals surface area contributed by atoms with Gasteiger partial charge in [0.1, 0.15) is 0 Å². The standard InChI is InChI=1S/2C15H11N3O.C8H6.C8H5.CH4.ClH.Cu.HI.2Pt/c2*19-11-9-14(12-5-1-3-7-16-12)18-15(10-11)13-6-2-4-8-17-13;2*1-2-8-6-4-3-5-7-8;;;;;;/h2*1-10H,(H,18,19);1,3-7H;3-7H;1H4;1H;;1H;;/q;;;-1;;;+1;;2*+2/p-4. The first kappa shape index (κ1) is 53.0. The van der Waals surface area contributed by atoms with Gasteiger partial charge in [-0.3, -0.25) is 35.4 Å². The van der Waals surface area contributed by atoms with Gasteiger partial charge in [-0.2, -0.15) is 0 Å². The summed E-state index contributed by atoms with van der Waals surface area (Å²) in [6.45, 7) is 0. The number of terminal acetylenes is 1. The molecule has 0 spiro atoms. The van der Waals surface area contributed by atoms with Crippen molar-refractivity contribution in [3.63, 3.8) is 0 Å². The minimum Gasteiger partial charge on any atom is 2.00 e. The third kappa shape index (κ3) is 18.9. The summed E-state index contributed by atoms with van der Waals surface area (Å²) < 4.78 is 0. The van der Waals surface area contributed by atoms with E-state index in [1.54, 1.807) is 63.9 Å². The molecule has 0 amide bonds. The van der Waals surface area contributed by atoms with Gasteiger partial charge in [0.25, 0.3) is 0 Å². The van der Waals surface area contributed by atoms with Crippen molar-refractivity contribution < 1.29 is 52.6 Å². The van der Waals surface area contributed by atoms with E-state index in [0.29, 0.717) is 45.6 Å². The number of hydrogen-bond donors (Lipinski definition) is 0. The molecule has 60 heavy (non-hydrogen) atoms. The molecular weight excluding hydrogens is 1300 g/mol. The summed E-state index contributed by atoms with van der Waals surface area (Å²) in [5, 5.41) is 0. The fourth-order valence-corrected chi connectivity index (χ4v) is 4.65. The Hall–Kier alpha value is -5.02. The van der Waals surface area contributed by atoms with Crippen molar-refractivity contribution >= 4 is 29.8 Å². The van der Waals surface area contributed by atoms with E-state index in [0.717, 1.165) is 11.1 Å². The summed E-state index contributed by atoms with van der Waals surface area (Å²) in [5.41, 5.74) is 6.53. The molecule has 8 nitrogen and oxygen atoms in total. The van der Waals surface area contributed by atoms with Gasteiger partial charge in [-0.05, 0) is 84.9 Å². The fourth-order valence-electron chi connectivity index (χ4n) is 4.65. The van der Waals surface area contributed by atoms with Gasteiger partial charge in [0.15, 0.2) is 10.9 Å². The molecule has 8 aromatic rings. The number of halogens is 2. The van der Waals surface area contributed by atoms with Crippen molar-refractivity contribution in [3.8, 4) is 63.8 Å². The number of aromatic nitrogens is 6. The Bertz CT molecular complexity index is 2260. The van der Waals surface area contributed by atoms with Crippen LogP contribution < -0.4 is 20.8 Å². The Kier molecular flexibility index (Phi) is 28.1. The largest absolute Gasteiger partial charge is 2.00 e. The Morgan fingerprint density at radius 1 is 0.517 bits per heavy atom. The molecule has 13 heteroatoms. The predicted octanol–water partition coefficient (Wildman–Crippen LogP) is 9.75. The third-order valence-corrected chi connectivity index (χ3v) is 7.17. The summed E-state index contributed by atoms with van der Waals surface area (Å²) in [7, 11) is 4.61. The average molecular weight is 1330 g/mol. The maximum Gasteiger partial charge on any atom is 2.00 e. The van der Waals surface area contributed by atoms with Crippen LogP contribution in [0.3, 0.4) is 0 Å². The third-order valence-electron chi connectivity index (χ3n) is 7.17. The normalized spacial score (nSPS) is 8.87. The zero-order valence-corrected chi connectivity index (χ0v) is 39.0. The van der Waals surface area contributed by atoms with E-state index in [-0.39, 0.29) is 39.3 Å². The van der Waals surface area contributed by atoms with Crippen LogP contribution in [-0.2, 0) is 52.6 Å². The summed E-state index contributed by atoms with van der Waals surface area (Å²) in [5.74, 6) is 4.80. The minimum atomic E-state index is -0.101. The Morgan fingerprint density at radius 2 is 0.783 bits per heavy atom. The van der Waals surface area contributed by atoms with Gasteiger partial charge in [0.05, 0.1) is 0 Å². The van der Waals surface area contributed by atoms with Gasteiger partial charge in [-0.25, -0.2) is 0 Å². The molecule has 0 aliphatic carbocycles. The zero-order chi connectivity index (χ0) is 41.8. The van der Waals surface area contributed by atoms with Gasteiger partial charge in [0.2, 0.25) is 0 Å². The van der Waals surface area contributed by atoms with Crippen LogP contribution in [0, 0.1) is 24.7 Å². The van der Waals surface area contributed by atoms with Crippen LogP contribution in [0.4, 0.5) is 0 Å². The monoisotopic (exact) mass is 1330 g/mol. The predicted molar refractivity (Wildman–Crippen MR) is 239 cm³/mol. The van der Waals surface area contributed by atoms with E-state index in [1.165, 1.54) is 24.3 Å². The molecule has 0 aliphatic rings. The summed E-state index contributed by atoms with van der Waals surface area (Å²) in [6, 6.07) is 46.9. The maximum atomic E-state index is 11.8. The van der Waals surface area contributed by atoms with Crippen molar-refractivity contribution in [1.29, 1.82) is 0 Å². The molecule has 0 aliphatic heterocycles. The van der Waals surface area contributed by atoms with E-state index >= 15 is 0 Å². The maximum absolute atomic E-state index is 11.8. The van der Waals surface area contributed by atoms with E-state index in [2.05, 4.69) is 63.9 Å². The van der Waals surface area contributed by atoms with Crippen molar-refractivity contribution in [3.05, 3.63) is 221 Å². The van der Waals surface area contributed by atoms with Gasteiger partial charge in [-0.15, -0.1) is 46.9 Å². The number of benzene rings is 2. The Labute approximate surface area is 400 Å². The van der Waals surface area contributed by atoms with E-state index in [4.69, 9.17) is 12.8 Å². The Balaban J connectivity index is 0.000000410. The topological polar surface area (TPSA) is 114 Å². The SMILES string of the molecule is C.C#Cc1ccccc1.O=c1cc(-c2ccccn2)[n-]c(-c2ccccn2)c1.O=c1cc(-c2ccccn2)[n-]c(-c2ccccn2)c1.[C-]#Cc1ccccc1.[Cl][Pt+].[Cu][I].[Pt+2]. The van der Waals surface area contributed by atoms with Gasteiger partial charge in [0, 0.05) is 53.1 Å². The molecule has 2 aromatic carbocycles. The van der Waals surface area contributed by atoms with Crippen LogP contribution in [0.15, 0.2) is 192 Å². The van der Waals surface area contributed by atoms with E-state index in [1.807, 2.05) is 133 Å². The van der Waals surface area contributed by atoms with E-state index in [9.17, 15) is 9.59 Å². The van der Waals surface area contributed by atoms with Gasteiger partial charge >= 0.3 is 82.4 Å². The molecule has 8 rings (SSSR count). The second-order valence-electron chi connectivity index (χ2n) is 11.0. The molecule has 0 bridgehead atoms. The van der Waals surface area contributed by atoms with Crippen molar-refractivity contribution in [1.82, 2.24) is 29.9 Å². The zero-order valence-electron chi connectivity index (χ0n) is 30.6. The van der Waals surface area contributed by atoms with Crippen LogP contribution in [0.2, 0.25) is 0 Å². The molecule has 0 unspecified atom stereocenters.